The summed E-state index contributed by atoms with van der Waals surface area (Å²) in [5, 5.41) is 0. The first-order valence-corrected chi connectivity index (χ1v) is 10.7. The minimum atomic E-state index is -3.72. The first-order chi connectivity index (χ1) is 13.5. The molecule has 4 rings (SSSR count). The Kier molecular flexibility index (Phi) is 4.82. The van der Waals surface area contributed by atoms with E-state index in [0.717, 1.165) is 22.4 Å². The predicted molar refractivity (Wildman–Crippen MR) is 113 cm³/mol. The summed E-state index contributed by atoms with van der Waals surface area (Å²) in [4.78, 5) is 7.95. The van der Waals surface area contributed by atoms with Crippen molar-refractivity contribution in [3.63, 3.8) is 0 Å². The lowest BCUT2D eigenvalue weighted by Crippen LogP contribution is -2.13. The number of nitrogens with zero attached hydrogens (tertiary/aromatic N) is 1. The van der Waals surface area contributed by atoms with Gasteiger partial charge in [-0.25, -0.2) is 13.4 Å². The normalized spacial score (nSPS) is 11.5. The number of benzene rings is 3. The van der Waals surface area contributed by atoms with E-state index in [1.54, 1.807) is 18.2 Å². The Hall–Kier alpha value is -2.84. The van der Waals surface area contributed by atoms with Crippen molar-refractivity contribution in [1.29, 1.82) is 0 Å². The number of nitrogens with one attached hydrogen (secondary N) is 2. The SMILES string of the molecule is COc1ccc(S(=O)(=O)Nc2ccc(-c3nc4ccccc4[nH]3)cc2)cc1Br. The number of aromatic nitrogens is 2. The third-order valence-electron chi connectivity index (χ3n) is 4.23. The maximum absolute atomic E-state index is 12.6. The molecule has 0 bridgehead atoms. The summed E-state index contributed by atoms with van der Waals surface area (Å²) in [7, 11) is -2.19. The number of halogens is 1. The maximum atomic E-state index is 12.6. The van der Waals surface area contributed by atoms with Gasteiger partial charge in [0.05, 0.1) is 27.5 Å². The van der Waals surface area contributed by atoms with Crippen LogP contribution < -0.4 is 9.46 Å². The van der Waals surface area contributed by atoms with Crippen molar-refractivity contribution in [2.24, 2.45) is 0 Å². The van der Waals surface area contributed by atoms with Crippen molar-refractivity contribution in [1.82, 2.24) is 9.97 Å². The average Bonchev–Trinajstić information content (AvgIpc) is 3.12. The Morgan fingerprint density at radius 2 is 1.79 bits per heavy atom. The molecule has 8 heteroatoms. The number of fused-ring (bicyclic) bond motifs is 1. The summed E-state index contributed by atoms with van der Waals surface area (Å²) in [5.74, 6) is 1.30. The fraction of sp³-hybridized carbons (Fsp3) is 0.0500. The van der Waals surface area contributed by atoms with Crippen LogP contribution in [-0.4, -0.2) is 25.5 Å². The van der Waals surface area contributed by atoms with Gasteiger partial charge in [-0.3, -0.25) is 4.72 Å². The molecule has 0 atom stereocenters. The van der Waals surface area contributed by atoms with Gasteiger partial charge in [-0.1, -0.05) is 12.1 Å². The fourth-order valence-electron chi connectivity index (χ4n) is 2.81. The monoisotopic (exact) mass is 457 g/mol. The third-order valence-corrected chi connectivity index (χ3v) is 6.23. The van der Waals surface area contributed by atoms with Gasteiger partial charge in [0.1, 0.15) is 11.6 Å². The summed E-state index contributed by atoms with van der Waals surface area (Å²) in [6, 6.07) is 19.4. The maximum Gasteiger partial charge on any atom is 0.261 e. The molecular weight excluding hydrogens is 442 g/mol. The van der Waals surface area contributed by atoms with Crippen molar-refractivity contribution in [2.75, 3.05) is 11.8 Å². The fourth-order valence-corrected chi connectivity index (χ4v) is 4.59. The molecule has 0 radical (unpaired) electrons. The molecule has 3 aromatic carbocycles. The Morgan fingerprint density at radius 3 is 2.46 bits per heavy atom. The molecule has 0 aliphatic rings. The lowest BCUT2D eigenvalue weighted by atomic mass is 10.2. The van der Waals surface area contributed by atoms with Crippen molar-refractivity contribution in [2.45, 2.75) is 4.90 Å². The Balaban J connectivity index is 1.57. The zero-order valence-electron chi connectivity index (χ0n) is 14.8. The highest BCUT2D eigenvalue weighted by Gasteiger charge is 2.16. The minimum absolute atomic E-state index is 0.140. The van der Waals surface area contributed by atoms with E-state index >= 15 is 0 Å². The lowest BCUT2D eigenvalue weighted by molar-refractivity contribution is 0.411. The molecule has 0 saturated carbocycles. The molecule has 1 aromatic heterocycles. The second kappa shape index (κ2) is 7.29. The number of aromatic amines is 1. The van der Waals surface area contributed by atoms with E-state index in [4.69, 9.17) is 4.74 Å². The summed E-state index contributed by atoms with van der Waals surface area (Å²) in [6.07, 6.45) is 0. The van der Waals surface area contributed by atoms with E-state index in [1.807, 2.05) is 36.4 Å². The number of H-pyrrole nitrogens is 1. The molecular formula is C20H16BrN3O3S. The van der Waals surface area contributed by atoms with Crippen LogP contribution in [0.4, 0.5) is 5.69 Å². The summed E-state index contributed by atoms with van der Waals surface area (Å²) < 4.78 is 33.6. The zero-order valence-corrected chi connectivity index (χ0v) is 17.2. The van der Waals surface area contributed by atoms with Crippen LogP contribution in [0.15, 0.2) is 76.1 Å². The lowest BCUT2D eigenvalue weighted by Gasteiger charge is -2.10. The van der Waals surface area contributed by atoms with E-state index < -0.39 is 10.0 Å². The topological polar surface area (TPSA) is 84.1 Å². The molecule has 142 valence electrons. The summed E-state index contributed by atoms with van der Waals surface area (Å²) >= 11 is 3.31. The molecule has 0 aliphatic heterocycles. The van der Waals surface area contributed by atoms with Crippen LogP contribution in [0.25, 0.3) is 22.4 Å². The number of hydrogen-bond acceptors (Lipinski definition) is 4. The third kappa shape index (κ3) is 3.61. The van der Waals surface area contributed by atoms with Crippen molar-refractivity contribution < 1.29 is 13.2 Å². The largest absolute Gasteiger partial charge is 0.496 e. The van der Waals surface area contributed by atoms with E-state index in [0.29, 0.717) is 15.9 Å². The van der Waals surface area contributed by atoms with Crippen molar-refractivity contribution in [3.8, 4) is 17.1 Å². The molecule has 0 spiro atoms. The zero-order chi connectivity index (χ0) is 19.7. The predicted octanol–water partition coefficient (Wildman–Crippen LogP) is 4.80. The molecule has 28 heavy (non-hydrogen) atoms. The van der Waals surface area contributed by atoms with Gasteiger partial charge in [-0.2, -0.15) is 0 Å². The van der Waals surface area contributed by atoms with Gasteiger partial charge in [0.15, 0.2) is 0 Å². The molecule has 2 N–H and O–H groups in total. The molecule has 4 aromatic rings. The second-order valence-electron chi connectivity index (χ2n) is 6.08. The number of sulfonamides is 1. The van der Waals surface area contributed by atoms with Crippen molar-refractivity contribution >= 4 is 42.7 Å². The smallest absolute Gasteiger partial charge is 0.261 e. The summed E-state index contributed by atoms with van der Waals surface area (Å²) in [6.45, 7) is 0. The van der Waals surface area contributed by atoms with E-state index in [2.05, 4.69) is 30.6 Å². The minimum Gasteiger partial charge on any atom is -0.496 e. The number of hydrogen-bond donors (Lipinski definition) is 2. The highest BCUT2D eigenvalue weighted by Crippen LogP contribution is 2.29. The van der Waals surface area contributed by atoms with Gasteiger partial charge >= 0.3 is 0 Å². The standard InChI is InChI=1S/C20H16BrN3O3S/c1-27-19-11-10-15(12-16(19)21)28(25,26)24-14-8-6-13(7-9-14)20-22-17-4-2-3-5-18(17)23-20/h2-12,24H,1H3,(H,22,23). The molecule has 0 amide bonds. The van der Waals surface area contributed by atoms with Crippen LogP contribution in [-0.2, 0) is 10.0 Å². The van der Waals surface area contributed by atoms with Gasteiger partial charge in [-0.05, 0) is 70.5 Å². The number of para-hydroxylation sites is 2. The molecule has 0 aliphatic carbocycles. The first-order valence-electron chi connectivity index (χ1n) is 8.38. The van der Waals surface area contributed by atoms with Crippen LogP contribution in [0.2, 0.25) is 0 Å². The van der Waals surface area contributed by atoms with Gasteiger partial charge in [0, 0.05) is 11.3 Å². The van der Waals surface area contributed by atoms with E-state index in [9.17, 15) is 8.42 Å². The second-order valence-corrected chi connectivity index (χ2v) is 8.62. The Labute approximate surface area is 170 Å². The average molecular weight is 458 g/mol. The van der Waals surface area contributed by atoms with Crippen LogP contribution >= 0.6 is 15.9 Å². The first kappa shape index (κ1) is 18.5. The van der Waals surface area contributed by atoms with Gasteiger partial charge in [0.2, 0.25) is 0 Å². The van der Waals surface area contributed by atoms with Gasteiger partial charge in [0.25, 0.3) is 10.0 Å². The number of ether oxygens (including phenoxy) is 1. The number of anilines is 1. The number of rotatable bonds is 5. The number of methoxy groups -OCH3 is 1. The van der Waals surface area contributed by atoms with Gasteiger partial charge in [-0.15, -0.1) is 0 Å². The molecule has 0 fully saturated rings. The van der Waals surface area contributed by atoms with E-state index in [1.165, 1.54) is 19.2 Å². The van der Waals surface area contributed by atoms with Crippen LogP contribution in [0.3, 0.4) is 0 Å². The van der Waals surface area contributed by atoms with Crippen molar-refractivity contribution in [3.05, 3.63) is 71.2 Å². The Bertz CT molecular complexity index is 1220. The highest BCUT2D eigenvalue weighted by molar-refractivity contribution is 9.10. The molecule has 0 unspecified atom stereocenters. The van der Waals surface area contributed by atoms with E-state index in [-0.39, 0.29) is 4.90 Å². The quantitative estimate of drug-likeness (QED) is 0.450. The molecule has 1 heterocycles. The van der Waals surface area contributed by atoms with Crippen LogP contribution in [0, 0.1) is 0 Å². The van der Waals surface area contributed by atoms with Gasteiger partial charge < -0.3 is 9.72 Å². The van der Waals surface area contributed by atoms with Crippen LogP contribution in [0.5, 0.6) is 5.75 Å². The van der Waals surface area contributed by atoms with Crippen LogP contribution in [0.1, 0.15) is 0 Å². The summed E-state index contributed by atoms with van der Waals surface area (Å²) in [5.41, 5.74) is 3.16. The molecule has 0 saturated heterocycles. The Morgan fingerprint density at radius 1 is 1.04 bits per heavy atom. The number of imidazole rings is 1. The molecule has 6 nitrogen and oxygen atoms in total. The highest BCUT2D eigenvalue weighted by atomic mass is 79.9.